The van der Waals surface area contributed by atoms with Crippen LogP contribution in [0, 0.1) is 13.8 Å². The second kappa shape index (κ2) is 12.4. The maximum Gasteiger partial charge on any atom is 0.341 e. The third-order valence-corrected chi connectivity index (χ3v) is 8.08. The highest BCUT2D eigenvalue weighted by Gasteiger charge is 2.27. The number of thiophene rings is 1. The highest BCUT2D eigenvalue weighted by atomic mass is 32.2. The lowest BCUT2D eigenvalue weighted by Crippen LogP contribution is -2.17. The van der Waals surface area contributed by atoms with Crippen molar-refractivity contribution in [1.82, 2.24) is 14.8 Å². The number of thioether (sulfide) groups is 1. The normalized spacial score (nSPS) is 12.6. The Hall–Kier alpha value is -3.11. The van der Waals surface area contributed by atoms with Crippen LogP contribution in [-0.2, 0) is 35.5 Å². The monoisotopic (exact) mass is 540 g/mol. The number of amides is 1. The van der Waals surface area contributed by atoms with E-state index in [2.05, 4.69) is 28.2 Å². The number of allylic oxidation sites excluding steroid dienone is 1. The van der Waals surface area contributed by atoms with Crippen molar-refractivity contribution in [2.75, 3.05) is 17.7 Å². The van der Waals surface area contributed by atoms with Gasteiger partial charge in [-0.15, -0.1) is 28.1 Å². The van der Waals surface area contributed by atoms with E-state index in [1.807, 2.05) is 30.5 Å². The Kier molecular flexibility index (Phi) is 9.04. The van der Waals surface area contributed by atoms with Crippen molar-refractivity contribution in [3.05, 3.63) is 63.8 Å². The van der Waals surface area contributed by atoms with Crippen molar-refractivity contribution in [2.45, 2.75) is 64.8 Å². The molecule has 0 bridgehead atoms. The topological polar surface area (TPSA) is 95.3 Å². The summed E-state index contributed by atoms with van der Waals surface area (Å²) < 4.78 is 13.1. The van der Waals surface area contributed by atoms with E-state index < -0.39 is 0 Å². The van der Waals surface area contributed by atoms with Crippen molar-refractivity contribution >= 4 is 40.0 Å². The lowest BCUT2D eigenvalue weighted by molar-refractivity contribution is -0.113. The molecular formula is C27H32N4O4S2. The van der Waals surface area contributed by atoms with E-state index in [0.717, 1.165) is 53.0 Å². The van der Waals surface area contributed by atoms with Gasteiger partial charge in [0.15, 0.2) is 11.0 Å². The fourth-order valence-corrected chi connectivity index (χ4v) is 6.44. The molecule has 2 heterocycles. The highest BCUT2D eigenvalue weighted by molar-refractivity contribution is 7.99. The summed E-state index contributed by atoms with van der Waals surface area (Å²) in [5, 5.41) is 12.7. The second-order valence-corrected chi connectivity index (χ2v) is 10.9. The van der Waals surface area contributed by atoms with Crippen molar-refractivity contribution in [1.29, 1.82) is 0 Å². The van der Waals surface area contributed by atoms with E-state index in [1.54, 1.807) is 13.0 Å². The van der Waals surface area contributed by atoms with E-state index in [0.29, 0.717) is 34.7 Å². The summed E-state index contributed by atoms with van der Waals surface area (Å²) >= 11 is 2.77. The fraction of sp³-hybridized carbons (Fsp3) is 0.407. The van der Waals surface area contributed by atoms with Crippen LogP contribution >= 0.6 is 23.1 Å². The standard InChI is InChI=1S/C27H32N4O4S2/c1-5-11-31-22(15-35-19-13-17(3)12-18(4)14-19)29-30-27(31)36-16-23(32)28-25-24(26(33)34-6-2)20-9-7-8-10-21(20)37-25/h5,12-14H,1,6-11,15-16H2,2-4H3,(H,28,32). The van der Waals surface area contributed by atoms with Crippen LogP contribution in [0.25, 0.3) is 0 Å². The maximum atomic E-state index is 12.9. The molecule has 196 valence electrons. The molecule has 0 atom stereocenters. The number of benzene rings is 1. The molecule has 0 spiro atoms. The SMILES string of the molecule is C=CCn1c(COc2cc(C)cc(C)c2)nnc1SCC(=O)Nc1sc2c(c1C(=O)OCC)CCCC2. The molecule has 0 fully saturated rings. The van der Waals surface area contributed by atoms with Crippen molar-refractivity contribution in [3.8, 4) is 5.75 Å². The summed E-state index contributed by atoms with van der Waals surface area (Å²) in [7, 11) is 0. The highest BCUT2D eigenvalue weighted by Crippen LogP contribution is 2.38. The minimum Gasteiger partial charge on any atom is -0.486 e. The lowest BCUT2D eigenvalue weighted by Gasteiger charge is -2.12. The van der Waals surface area contributed by atoms with Crippen molar-refractivity contribution in [3.63, 3.8) is 0 Å². The van der Waals surface area contributed by atoms with Gasteiger partial charge in [0, 0.05) is 11.4 Å². The van der Waals surface area contributed by atoms with Gasteiger partial charge < -0.3 is 14.8 Å². The van der Waals surface area contributed by atoms with E-state index in [-0.39, 0.29) is 24.2 Å². The molecule has 0 radical (unpaired) electrons. The molecule has 0 unspecified atom stereocenters. The maximum absolute atomic E-state index is 12.9. The minimum absolute atomic E-state index is 0.123. The van der Waals surface area contributed by atoms with Gasteiger partial charge in [-0.25, -0.2) is 4.79 Å². The molecule has 1 aromatic carbocycles. The zero-order chi connectivity index (χ0) is 26.4. The molecule has 1 aliphatic rings. The number of nitrogens with zero attached hydrogens (tertiary/aromatic N) is 3. The molecule has 3 aromatic rings. The number of ether oxygens (including phenoxy) is 2. The summed E-state index contributed by atoms with van der Waals surface area (Å²) in [6.45, 7) is 10.7. The molecule has 37 heavy (non-hydrogen) atoms. The third kappa shape index (κ3) is 6.61. The average Bonchev–Trinajstić information content (AvgIpc) is 3.41. The molecule has 0 aliphatic heterocycles. The number of fused-ring (bicyclic) bond motifs is 1. The Morgan fingerprint density at radius 2 is 1.95 bits per heavy atom. The number of carbonyl (C=O) groups excluding carboxylic acids is 2. The number of hydrogen-bond donors (Lipinski definition) is 1. The van der Waals surface area contributed by atoms with Crippen LogP contribution in [0.1, 0.15) is 57.5 Å². The number of aryl methyl sites for hydroxylation is 3. The van der Waals surface area contributed by atoms with E-state index in [1.165, 1.54) is 23.1 Å². The van der Waals surface area contributed by atoms with Gasteiger partial charge in [-0.2, -0.15) is 0 Å². The van der Waals surface area contributed by atoms with Crippen LogP contribution < -0.4 is 10.1 Å². The quantitative estimate of drug-likeness (QED) is 0.195. The molecule has 2 aromatic heterocycles. The Bertz CT molecular complexity index is 1280. The van der Waals surface area contributed by atoms with Crippen molar-refractivity contribution in [2.24, 2.45) is 0 Å². The van der Waals surface area contributed by atoms with Gasteiger partial charge in [-0.1, -0.05) is 23.9 Å². The van der Waals surface area contributed by atoms with E-state index in [9.17, 15) is 9.59 Å². The predicted molar refractivity (Wildman–Crippen MR) is 147 cm³/mol. The summed E-state index contributed by atoms with van der Waals surface area (Å²) in [5.41, 5.74) is 3.79. The number of aromatic nitrogens is 3. The Labute approximate surface area is 225 Å². The summed E-state index contributed by atoms with van der Waals surface area (Å²) in [6, 6.07) is 6.05. The molecular weight excluding hydrogens is 508 g/mol. The molecule has 8 nitrogen and oxygen atoms in total. The molecule has 1 N–H and O–H groups in total. The zero-order valence-electron chi connectivity index (χ0n) is 21.5. The van der Waals surface area contributed by atoms with E-state index in [4.69, 9.17) is 9.47 Å². The fourth-order valence-electron chi connectivity index (χ4n) is 4.38. The van der Waals surface area contributed by atoms with Gasteiger partial charge >= 0.3 is 5.97 Å². The van der Waals surface area contributed by atoms with Crippen LogP contribution in [0.15, 0.2) is 36.0 Å². The summed E-state index contributed by atoms with van der Waals surface area (Å²) in [6.07, 6.45) is 5.65. The predicted octanol–water partition coefficient (Wildman–Crippen LogP) is 5.51. The summed E-state index contributed by atoms with van der Waals surface area (Å²) in [4.78, 5) is 26.7. The minimum atomic E-state index is -0.371. The first-order valence-corrected chi connectivity index (χ1v) is 14.2. The van der Waals surface area contributed by atoms with Gasteiger partial charge in [0.2, 0.25) is 5.91 Å². The number of anilines is 1. The van der Waals surface area contributed by atoms with Crippen molar-refractivity contribution < 1.29 is 19.1 Å². The summed E-state index contributed by atoms with van der Waals surface area (Å²) in [5.74, 6) is 0.963. The first kappa shape index (κ1) is 26.9. The zero-order valence-corrected chi connectivity index (χ0v) is 23.1. The molecule has 10 heteroatoms. The van der Waals surface area contributed by atoms with Crippen LogP contribution in [0.2, 0.25) is 0 Å². The number of nitrogens with one attached hydrogen (secondary N) is 1. The van der Waals surface area contributed by atoms with Crippen LogP contribution in [0.5, 0.6) is 5.75 Å². The van der Waals surface area contributed by atoms with Gasteiger partial charge in [0.1, 0.15) is 17.4 Å². The molecule has 0 saturated heterocycles. The molecule has 1 amide bonds. The second-order valence-electron chi connectivity index (χ2n) is 8.88. The molecule has 1 aliphatic carbocycles. The van der Waals surface area contributed by atoms with Crippen LogP contribution in [0.4, 0.5) is 5.00 Å². The number of hydrogen-bond acceptors (Lipinski definition) is 8. The van der Waals surface area contributed by atoms with Gasteiger partial charge in [0.05, 0.1) is 17.9 Å². The van der Waals surface area contributed by atoms with Crippen LogP contribution in [-0.4, -0.2) is 39.0 Å². The van der Waals surface area contributed by atoms with E-state index >= 15 is 0 Å². The van der Waals surface area contributed by atoms with Gasteiger partial charge in [-0.05, 0) is 75.3 Å². The first-order chi connectivity index (χ1) is 17.9. The average molecular weight is 541 g/mol. The molecule has 4 rings (SSSR count). The first-order valence-electron chi connectivity index (χ1n) is 12.4. The third-order valence-electron chi connectivity index (χ3n) is 5.90. The largest absolute Gasteiger partial charge is 0.486 e. The number of rotatable bonds is 11. The molecule has 0 saturated carbocycles. The van der Waals surface area contributed by atoms with Crippen LogP contribution in [0.3, 0.4) is 0 Å². The Morgan fingerprint density at radius 3 is 2.68 bits per heavy atom. The Morgan fingerprint density at radius 1 is 1.19 bits per heavy atom. The lowest BCUT2D eigenvalue weighted by atomic mass is 9.95. The van der Waals surface area contributed by atoms with Gasteiger partial charge in [-0.3, -0.25) is 9.36 Å². The number of esters is 1. The van der Waals surface area contributed by atoms with Gasteiger partial charge in [0.25, 0.3) is 0 Å². The Balaban J connectivity index is 1.43. The number of carbonyl (C=O) groups is 2. The smallest absolute Gasteiger partial charge is 0.341 e.